The van der Waals surface area contributed by atoms with Crippen molar-refractivity contribution < 1.29 is 89.4 Å². The molecule has 19 nitrogen and oxygen atoms in total. The molecule has 17 unspecified atom stereocenters. The van der Waals surface area contributed by atoms with Crippen LogP contribution in [0.5, 0.6) is 0 Å². The van der Waals surface area contributed by atoms with Gasteiger partial charge in [0.05, 0.1) is 38.6 Å². The topological polar surface area (TPSA) is 307 Å². The summed E-state index contributed by atoms with van der Waals surface area (Å²) in [4.78, 5) is 13.5. The third-order valence-electron chi connectivity index (χ3n) is 22.8. The van der Waals surface area contributed by atoms with Crippen LogP contribution >= 0.6 is 0 Å². The first-order valence-electron chi connectivity index (χ1n) is 47.0. The fourth-order valence-electron chi connectivity index (χ4n) is 15.4. The number of allylic oxidation sites excluding steroid dienone is 15. The molecule has 0 radical (unpaired) electrons. The molecule has 12 N–H and O–H groups in total. The Morgan fingerprint density at radius 3 is 0.974 bits per heavy atom. The van der Waals surface area contributed by atoms with E-state index in [9.17, 15) is 61.0 Å². The first-order chi connectivity index (χ1) is 56.3. The van der Waals surface area contributed by atoms with E-state index in [4.69, 9.17) is 28.4 Å². The van der Waals surface area contributed by atoms with Crippen LogP contribution in [0.15, 0.2) is 97.2 Å². The van der Waals surface area contributed by atoms with E-state index in [1.165, 1.54) is 263 Å². The fraction of sp³-hybridized carbons (Fsp3) is 0.823. The largest absolute Gasteiger partial charge is 0.394 e. The monoisotopic (exact) mass is 1630 g/mol. The van der Waals surface area contributed by atoms with Gasteiger partial charge in [-0.15, -0.1) is 0 Å². The lowest BCUT2D eigenvalue weighted by Gasteiger charge is -2.48. The van der Waals surface area contributed by atoms with Crippen LogP contribution in [-0.2, 0) is 33.2 Å². The molecule has 3 heterocycles. The highest BCUT2D eigenvalue weighted by Crippen LogP contribution is 2.34. The van der Waals surface area contributed by atoms with E-state index in [2.05, 4.69) is 104 Å². The molecule has 0 spiro atoms. The molecule has 19 heteroatoms. The Bertz CT molecular complexity index is 2450. The zero-order chi connectivity index (χ0) is 83.1. The van der Waals surface area contributed by atoms with Gasteiger partial charge in [-0.1, -0.05) is 374 Å². The third kappa shape index (κ3) is 52.6. The summed E-state index contributed by atoms with van der Waals surface area (Å²) in [5.74, 6) is -0.285. The van der Waals surface area contributed by atoms with Crippen molar-refractivity contribution in [3.05, 3.63) is 97.2 Å². The van der Waals surface area contributed by atoms with Crippen LogP contribution in [0.3, 0.4) is 0 Å². The number of aliphatic hydroxyl groups excluding tert-OH is 11. The Balaban J connectivity index is 1.32. The van der Waals surface area contributed by atoms with Crippen LogP contribution in [0.4, 0.5) is 0 Å². The van der Waals surface area contributed by atoms with Crippen molar-refractivity contribution in [2.75, 3.05) is 26.4 Å². The van der Waals surface area contributed by atoms with Gasteiger partial charge >= 0.3 is 0 Å². The Hall–Kier alpha value is -3.29. The standard InChI is InChI=1S/C96H171NO18/c1-3-5-7-9-11-13-15-17-19-21-23-25-27-29-31-33-35-36-37-38-39-40-41-42-44-46-48-50-52-54-56-58-60-62-64-66-68-70-72-74-84(102)97-79(80(101)73-71-69-67-65-63-61-59-57-55-53-51-49-47-45-43-34-32-30-28-26-24-22-20-18-16-14-12-10-8-6-4-2)78-110-94-90(108)87(105)92(82(76-99)112-94)115-96-91(109)88(106)93(83(77-100)113-96)114-95-89(107)86(104)85(103)81(75-98)111-95/h5,7,11,13,17,19,23,25,29,31,55,57,63,65,71,73,79-83,85-96,98-101,103-109H,3-4,6,8-10,12,14-16,18,20-22,24,26-28,30,32-54,56,58-62,64,66-70,72,74-78H2,1-2H3,(H,97,102)/b7-5-,13-11-,19-17-,25-23-,31-29-,57-55+,65-63+,73-71+. The lowest BCUT2D eigenvalue weighted by molar-refractivity contribution is -0.379. The molecule has 0 aromatic carbocycles. The van der Waals surface area contributed by atoms with Crippen molar-refractivity contribution in [3.8, 4) is 0 Å². The molecule has 0 bridgehead atoms. The number of amides is 1. The summed E-state index contributed by atoms with van der Waals surface area (Å²) in [5, 5.41) is 121. The van der Waals surface area contributed by atoms with Crippen LogP contribution in [0, 0.1) is 0 Å². The average Bonchev–Trinajstić information content (AvgIpc) is 0.779. The molecule has 1 amide bonds. The molecule has 3 fully saturated rings. The SMILES string of the molecule is CC/C=C\C/C=C\C/C=C\C/C=C\C/C=C\CCCCCCCCCCCCCCCCCCCCCCCCCC(=O)NC(COC1OC(CO)C(OC2OC(CO)C(OC3OC(CO)C(O)C(O)C3O)C(O)C2O)C(O)C1O)C(O)/C=C/CC/C=C/CC/C=C/CCCCCCCCCCCCCCCCCCCCCCC. The summed E-state index contributed by atoms with van der Waals surface area (Å²) in [6.45, 7) is 1.65. The van der Waals surface area contributed by atoms with Crippen molar-refractivity contribution in [3.63, 3.8) is 0 Å². The maximum atomic E-state index is 13.5. The first-order valence-corrected chi connectivity index (χ1v) is 47.0. The number of carbonyl (C=O) groups is 1. The minimum absolute atomic E-state index is 0.232. The molecule has 0 saturated carbocycles. The molecule has 3 aliphatic rings. The van der Waals surface area contributed by atoms with Gasteiger partial charge in [0.1, 0.15) is 73.2 Å². The Morgan fingerprint density at radius 2 is 0.609 bits per heavy atom. The summed E-state index contributed by atoms with van der Waals surface area (Å²) < 4.78 is 34.5. The van der Waals surface area contributed by atoms with Crippen LogP contribution in [0.25, 0.3) is 0 Å². The quantitative estimate of drug-likeness (QED) is 0.0199. The maximum Gasteiger partial charge on any atom is 0.220 e. The van der Waals surface area contributed by atoms with E-state index < -0.39 is 124 Å². The average molecular weight is 1630 g/mol. The third-order valence-corrected chi connectivity index (χ3v) is 22.8. The van der Waals surface area contributed by atoms with E-state index in [0.29, 0.717) is 12.8 Å². The van der Waals surface area contributed by atoms with E-state index in [0.717, 1.165) is 77.0 Å². The van der Waals surface area contributed by atoms with E-state index in [1.807, 2.05) is 6.08 Å². The lowest BCUT2D eigenvalue weighted by atomic mass is 9.96. The van der Waals surface area contributed by atoms with Gasteiger partial charge in [-0.25, -0.2) is 0 Å². The molecule has 3 saturated heterocycles. The van der Waals surface area contributed by atoms with Crippen molar-refractivity contribution >= 4 is 5.91 Å². The Kier molecular flexibility index (Phi) is 68.6. The zero-order valence-corrected chi connectivity index (χ0v) is 72.3. The van der Waals surface area contributed by atoms with Gasteiger partial charge in [0.2, 0.25) is 5.91 Å². The number of ether oxygens (including phenoxy) is 6. The van der Waals surface area contributed by atoms with E-state index >= 15 is 0 Å². The van der Waals surface area contributed by atoms with Crippen molar-refractivity contribution in [2.45, 2.75) is 478 Å². The normalized spacial score (nSPS) is 25.0. The molecule has 115 heavy (non-hydrogen) atoms. The van der Waals surface area contributed by atoms with Crippen molar-refractivity contribution in [1.82, 2.24) is 5.32 Å². The summed E-state index contributed by atoms with van der Waals surface area (Å²) in [7, 11) is 0. The highest BCUT2D eigenvalue weighted by atomic mass is 16.8. The van der Waals surface area contributed by atoms with Gasteiger partial charge in [-0.2, -0.15) is 0 Å². The molecule has 0 aromatic heterocycles. The number of aliphatic hydroxyl groups is 11. The second-order valence-corrected chi connectivity index (χ2v) is 33.1. The predicted molar refractivity (Wildman–Crippen MR) is 466 cm³/mol. The van der Waals surface area contributed by atoms with Gasteiger partial charge < -0.3 is 89.9 Å². The van der Waals surface area contributed by atoms with Gasteiger partial charge in [-0.3, -0.25) is 4.79 Å². The van der Waals surface area contributed by atoms with Gasteiger partial charge in [0, 0.05) is 6.42 Å². The summed E-state index contributed by atoms with van der Waals surface area (Å²) in [6.07, 6.45) is 77.2. The molecule has 17 atom stereocenters. The molecule has 0 aromatic rings. The van der Waals surface area contributed by atoms with Crippen molar-refractivity contribution in [2.24, 2.45) is 0 Å². The zero-order valence-electron chi connectivity index (χ0n) is 72.3. The van der Waals surface area contributed by atoms with Crippen LogP contribution in [-0.4, -0.2) is 193 Å². The minimum Gasteiger partial charge on any atom is -0.394 e. The molecular formula is C96H171NO18. The van der Waals surface area contributed by atoms with Crippen LogP contribution in [0.1, 0.15) is 373 Å². The molecule has 668 valence electrons. The summed E-state index contributed by atoms with van der Waals surface area (Å²) in [6, 6.07) is -1.00. The highest BCUT2D eigenvalue weighted by molar-refractivity contribution is 5.76. The molecule has 3 rings (SSSR count). The van der Waals surface area contributed by atoms with Gasteiger partial charge in [0.25, 0.3) is 0 Å². The number of rotatable bonds is 76. The summed E-state index contributed by atoms with van der Waals surface area (Å²) >= 11 is 0. The number of carbonyl (C=O) groups excluding carboxylic acids is 1. The predicted octanol–water partition coefficient (Wildman–Crippen LogP) is 18.6. The molecule has 0 aliphatic carbocycles. The minimum atomic E-state index is -1.99. The number of nitrogens with one attached hydrogen (secondary N) is 1. The second kappa shape index (κ2) is 74.5. The fourth-order valence-corrected chi connectivity index (χ4v) is 15.4. The van der Waals surface area contributed by atoms with Crippen molar-refractivity contribution in [1.29, 1.82) is 0 Å². The lowest BCUT2D eigenvalue weighted by Crippen LogP contribution is -2.66. The maximum absolute atomic E-state index is 13.5. The number of hydrogen-bond donors (Lipinski definition) is 12. The second-order valence-electron chi connectivity index (χ2n) is 33.1. The first kappa shape index (κ1) is 106. The van der Waals surface area contributed by atoms with Gasteiger partial charge in [-0.05, 0) is 89.9 Å². The Morgan fingerprint density at radius 1 is 0.322 bits per heavy atom. The van der Waals surface area contributed by atoms with Gasteiger partial charge in [0.15, 0.2) is 18.9 Å². The van der Waals surface area contributed by atoms with Crippen LogP contribution in [0.2, 0.25) is 0 Å². The molecular weight excluding hydrogens is 1460 g/mol. The van der Waals surface area contributed by atoms with Crippen LogP contribution < -0.4 is 5.32 Å². The van der Waals surface area contributed by atoms with E-state index in [-0.39, 0.29) is 18.9 Å². The highest BCUT2D eigenvalue weighted by Gasteiger charge is 2.54. The smallest absolute Gasteiger partial charge is 0.220 e. The Labute approximate surface area is 698 Å². The summed E-state index contributed by atoms with van der Waals surface area (Å²) in [5.41, 5.74) is 0. The van der Waals surface area contributed by atoms with E-state index in [1.54, 1.807) is 6.08 Å². The number of unbranched alkanes of at least 4 members (excludes halogenated alkanes) is 46. The molecule has 3 aliphatic heterocycles. The number of hydrogen-bond acceptors (Lipinski definition) is 18.